The molecular formula is C15H20N4OS2. The molecule has 0 aliphatic rings. The molecule has 0 bridgehead atoms. The number of carbonyl (C=O) groups excluding carboxylic acids is 1. The number of nitrogen functional groups attached to an aromatic ring is 1. The van der Waals surface area contributed by atoms with Crippen LogP contribution in [0.25, 0.3) is 0 Å². The zero-order chi connectivity index (χ0) is 16.1. The van der Waals surface area contributed by atoms with Crippen molar-refractivity contribution in [2.45, 2.75) is 32.6 Å². The second-order valence-electron chi connectivity index (χ2n) is 5.26. The van der Waals surface area contributed by atoms with E-state index in [0.717, 1.165) is 10.8 Å². The van der Waals surface area contributed by atoms with E-state index in [9.17, 15) is 4.79 Å². The maximum absolute atomic E-state index is 12.0. The van der Waals surface area contributed by atoms with Gasteiger partial charge in [0.1, 0.15) is 5.01 Å². The molecule has 0 fully saturated rings. The zero-order valence-electron chi connectivity index (χ0n) is 12.9. The van der Waals surface area contributed by atoms with Crippen molar-refractivity contribution >= 4 is 34.1 Å². The zero-order valence-corrected chi connectivity index (χ0v) is 14.6. The Morgan fingerprint density at radius 3 is 2.59 bits per heavy atom. The molecule has 3 N–H and O–H groups in total. The van der Waals surface area contributed by atoms with Gasteiger partial charge in [-0.25, -0.2) is 0 Å². The second-order valence-corrected chi connectivity index (χ2v) is 7.28. The standard InChI is InChI=1S/C15H20N4OS2/c1-9-4-10(2)6-12(5-9)7-21-8-13(20)17-11(3)14-18-19-15(16)22-14/h4-6,11H,7-8H2,1-3H3,(H2,16,19)(H,17,20)/t11-/m1/s1. The van der Waals surface area contributed by atoms with Gasteiger partial charge in [0, 0.05) is 5.75 Å². The Morgan fingerprint density at radius 1 is 1.32 bits per heavy atom. The molecule has 1 amide bonds. The number of hydrogen-bond donors (Lipinski definition) is 2. The third-order valence-electron chi connectivity index (χ3n) is 2.99. The number of nitrogens with two attached hydrogens (primary N) is 1. The summed E-state index contributed by atoms with van der Waals surface area (Å²) >= 11 is 2.90. The highest BCUT2D eigenvalue weighted by Crippen LogP contribution is 2.19. The Bertz CT molecular complexity index is 636. The van der Waals surface area contributed by atoms with Crippen molar-refractivity contribution in [2.75, 3.05) is 11.5 Å². The van der Waals surface area contributed by atoms with E-state index < -0.39 is 0 Å². The fourth-order valence-electron chi connectivity index (χ4n) is 2.18. The molecule has 7 heteroatoms. The number of rotatable bonds is 6. The highest BCUT2D eigenvalue weighted by atomic mass is 32.2. The summed E-state index contributed by atoms with van der Waals surface area (Å²) < 4.78 is 0. The Morgan fingerprint density at radius 2 is 2.00 bits per heavy atom. The van der Waals surface area contributed by atoms with Crippen LogP contribution in [0.3, 0.4) is 0 Å². The highest BCUT2D eigenvalue weighted by molar-refractivity contribution is 7.99. The Kier molecular flexibility index (Phi) is 5.79. The van der Waals surface area contributed by atoms with Gasteiger partial charge in [0.05, 0.1) is 11.8 Å². The number of thioether (sulfide) groups is 1. The van der Waals surface area contributed by atoms with E-state index in [1.807, 2.05) is 6.92 Å². The molecular weight excluding hydrogens is 316 g/mol. The van der Waals surface area contributed by atoms with Crippen molar-refractivity contribution in [2.24, 2.45) is 0 Å². The van der Waals surface area contributed by atoms with Gasteiger partial charge in [-0.1, -0.05) is 40.7 Å². The third-order valence-corrected chi connectivity index (χ3v) is 4.93. The molecule has 2 rings (SSSR count). The lowest BCUT2D eigenvalue weighted by Gasteiger charge is -2.10. The minimum absolute atomic E-state index is 0.00403. The van der Waals surface area contributed by atoms with E-state index in [1.54, 1.807) is 11.8 Å². The lowest BCUT2D eigenvalue weighted by atomic mass is 10.1. The molecule has 0 radical (unpaired) electrons. The number of hydrogen-bond acceptors (Lipinski definition) is 6. The first-order valence-corrected chi connectivity index (χ1v) is 8.94. The maximum atomic E-state index is 12.0. The smallest absolute Gasteiger partial charge is 0.230 e. The van der Waals surface area contributed by atoms with Crippen LogP contribution >= 0.6 is 23.1 Å². The molecule has 1 heterocycles. The number of benzene rings is 1. The number of anilines is 1. The van der Waals surface area contributed by atoms with Gasteiger partial charge in [0.15, 0.2) is 0 Å². The number of amides is 1. The first-order valence-electron chi connectivity index (χ1n) is 6.97. The van der Waals surface area contributed by atoms with Gasteiger partial charge < -0.3 is 11.1 Å². The topological polar surface area (TPSA) is 80.9 Å². The van der Waals surface area contributed by atoms with Crippen molar-refractivity contribution in [1.29, 1.82) is 0 Å². The van der Waals surface area contributed by atoms with Gasteiger partial charge in [-0.05, 0) is 26.3 Å². The van der Waals surface area contributed by atoms with E-state index >= 15 is 0 Å². The highest BCUT2D eigenvalue weighted by Gasteiger charge is 2.13. The van der Waals surface area contributed by atoms with Crippen molar-refractivity contribution in [1.82, 2.24) is 15.5 Å². The third kappa shape index (κ3) is 4.99. The van der Waals surface area contributed by atoms with E-state index in [-0.39, 0.29) is 11.9 Å². The number of carbonyl (C=O) groups is 1. The lowest BCUT2D eigenvalue weighted by molar-refractivity contribution is -0.119. The summed E-state index contributed by atoms with van der Waals surface area (Å²) in [6.07, 6.45) is 0. The van der Waals surface area contributed by atoms with Crippen LogP contribution in [0.5, 0.6) is 0 Å². The number of nitrogens with one attached hydrogen (secondary N) is 1. The van der Waals surface area contributed by atoms with Crippen molar-refractivity contribution < 1.29 is 4.79 Å². The predicted molar refractivity (Wildman–Crippen MR) is 93.0 cm³/mol. The van der Waals surface area contributed by atoms with Crippen molar-refractivity contribution in [3.63, 3.8) is 0 Å². The fraction of sp³-hybridized carbons (Fsp3) is 0.400. The molecule has 0 unspecified atom stereocenters. The number of nitrogens with zero attached hydrogens (tertiary/aromatic N) is 2. The summed E-state index contributed by atoms with van der Waals surface area (Å²) in [6.45, 7) is 6.05. The largest absolute Gasteiger partial charge is 0.374 e. The molecule has 1 aromatic heterocycles. The van der Waals surface area contributed by atoms with Crippen molar-refractivity contribution in [3.8, 4) is 0 Å². The SMILES string of the molecule is Cc1cc(C)cc(CSCC(=O)N[C@H](C)c2nnc(N)s2)c1. The van der Waals surface area contributed by atoms with Gasteiger partial charge in [0.25, 0.3) is 0 Å². The predicted octanol–water partition coefficient (Wildman–Crippen LogP) is 2.85. The molecule has 0 aliphatic carbocycles. The van der Waals surface area contributed by atoms with E-state index in [2.05, 4.69) is 47.6 Å². The monoisotopic (exact) mass is 336 g/mol. The minimum Gasteiger partial charge on any atom is -0.374 e. The second kappa shape index (κ2) is 7.60. The number of aromatic nitrogens is 2. The van der Waals surface area contributed by atoms with Gasteiger partial charge in [0.2, 0.25) is 11.0 Å². The number of aryl methyl sites for hydroxylation is 2. The Hall–Kier alpha value is -1.60. The average Bonchev–Trinajstić information content (AvgIpc) is 2.84. The normalized spacial score (nSPS) is 12.1. The summed E-state index contributed by atoms with van der Waals surface area (Å²) in [5, 5.41) is 11.7. The van der Waals surface area contributed by atoms with Crippen LogP contribution in [0.1, 0.15) is 34.7 Å². The summed E-state index contributed by atoms with van der Waals surface area (Å²) in [5.74, 6) is 1.25. The molecule has 1 atom stereocenters. The summed E-state index contributed by atoms with van der Waals surface area (Å²) in [7, 11) is 0. The van der Waals surface area contributed by atoms with E-state index in [4.69, 9.17) is 5.73 Å². The average molecular weight is 336 g/mol. The molecule has 5 nitrogen and oxygen atoms in total. The molecule has 0 spiro atoms. The first kappa shape index (κ1) is 16.8. The van der Waals surface area contributed by atoms with Crippen LogP contribution < -0.4 is 11.1 Å². The molecule has 118 valence electrons. The lowest BCUT2D eigenvalue weighted by Crippen LogP contribution is -2.28. The summed E-state index contributed by atoms with van der Waals surface area (Å²) in [6, 6.07) is 6.30. The van der Waals surface area contributed by atoms with Gasteiger partial charge in [-0.15, -0.1) is 22.0 Å². The summed E-state index contributed by atoms with van der Waals surface area (Å²) in [4.78, 5) is 12.0. The van der Waals surface area contributed by atoms with Crippen molar-refractivity contribution in [3.05, 3.63) is 39.9 Å². The van der Waals surface area contributed by atoms with Gasteiger partial charge in [-0.3, -0.25) is 4.79 Å². The van der Waals surface area contributed by atoms with Crippen LogP contribution in [0.2, 0.25) is 0 Å². The molecule has 22 heavy (non-hydrogen) atoms. The van der Waals surface area contributed by atoms with Crippen LogP contribution in [0.4, 0.5) is 5.13 Å². The summed E-state index contributed by atoms with van der Waals surface area (Å²) in [5.41, 5.74) is 9.30. The van der Waals surface area contributed by atoms with Gasteiger partial charge >= 0.3 is 0 Å². The Labute approximate surface area is 138 Å². The molecule has 0 saturated heterocycles. The molecule has 2 aromatic rings. The quantitative estimate of drug-likeness (QED) is 0.848. The van der Waals surface area contributed by atoms with Crippen LogP contribution in [-0.2, 0) is 10.5 Å². The molecule has 0 saturated carbocycles. The van der Waals surface area contributed by atoms with Crippen LogP contribution in [0, 0.1) is 13.8 Å². The van der Waals surface area contributed by atoms with E-state index in [0.29, 0.717) is 10.9 Å². The minimum atomic E-state index is -0.163. The van der Waals surface area contributed by atoms with Gasteiger partial charge in [-0.2, -0.15) is 0 Å². The first-order chi connectivity index (χ1) is 10.4. The van der Waals surface area contributed by atoms with E-state index in [1.165, 1.54) is 28.0 Å². The molecule has 1 aromatic carbocycles. The Balaban J connectivity index is 1.78. The molecule has 0 aliphatic heterocycles. The maximum Gasteiger partial charge on any atom is 0.230 e. The fourth-order valence-corrected chi connectivity index (χ4v) is 3.57. The van der Waals surface area contributed by atoms with Crippen LogP contribution in [0.15, 0.2) is 18.2 Å². The van der Waals surface area contributed by atoms with Crippen LogP contribution in [-0.4, -0.2) is 21.9 Å².